The van der Waals surface area contributed by atoms with Crippen molar-refractivity contribution in [2.75, 3.05) is 14.2 Å². The Morgan fingerprint density at radius 2 is 1.83 bits per heavy atom. The summed E-state index contributed by atoms with van der Waals surface area (Å²) in [5, 5.41) is 4.19. The molecular formula is C19H19NO3S. The van der Waals surface area contributed by atoms with Crippen LogP contribution in [-0.2, 0) is 17.8 Å². The molecule has 124 valence electrons. The number of thiophene rings is 1. The smallest absolute Gasteiger partial charge is 0.224 e. The second kappa shape index (κ2) is 7.36. The highest BCUT2D eigenvalue weighted by atomic mass is 32.1. The molecule has 4 nitrogen and oxygen atoms in total. The Bertz CT molecular complexity index is 824. The molecule has 0 aliphatic heterocycles. The van der Waals surface area contributed by atoms with Crippen LogP contribution in [0.2, 0.25) is 0 Å². The molecule has 1 aromatic heterocycles. The van der Waals surface area contributed by atoms with Gasteiger partial charge in [0.1, 0.15) is 0 Å². The topological polar surface area (TPSA) is 47.6 Å². The van der Waals surface area contributed by atoms with Crippen LogP contribution in [0.5, 0.6) is 11.5 Å². The molecule has 1 N–H and O–H groups in total. The fraction of sp³-hybridized carbons (Fsp3) is 0.211. The van der Waals surface area contributed by atoms with Crippen molar-refractivity contribution in [1.29, 1.82) is 0 Å². The standard InChI is InChI=1S/C19H19NO3S/c1-22-16-8-7-13(9-17(16)23-2)10-19(21)20-12-15-11-14-5-3-4-6-18(14)24-15/h3-9,11H,10,12H2,1-2H3,(H,20,21). The summed E-state index contributed by atoms with van der Waals surface area (Å²) in [5.41, 5.74) is 0.890. The van der Waals surface area contributed by atoms with Gasteiger partial charge in [-0.1, -0.05) is 24.3 Å². The number of fused-ring (bicyclic) bond motifs is 1. The van der Waals surface area contributed by atoms with Gasteiger partial charge in [0, 0.05) is 9.58 Å². The highest BCUT2D eigenvalue weighted by molar-refractivity contribution is 7.19. The van der Waals surface area contributed by atoms with Crippen molar-refractivity contribution in [3.05, 3.63) is 59.0 Å². The number of rotatable bonds is 6. The molecule has 2 aromatic carbocycles. The predicted molar refractivity (Wildman–Crippen MR) is 96.9 cm³/mol. The molecule has 0 fully saturated rings. The van der Waals surface area contributed by atoms with E-state index in [4.69, 9.17) is 9.47 Å². The molecule has 0 bridgehead atoms. The van der Waals surface area contributed by atoms with E-state index in [-0.39, 0.29) is 5.91 Å². The second-order valence-corrected chi connectivity index (χ2v) is 6.56. The number of carbonyl (C=O) groups excluding carboxylic acids is 1. The normalized spacial score (nSPS) is 10.6. The van der Waals surface area contributed by atoms with Crippen LogP contribution in [0.4, 0.5) is 0 Å². The van der Waals surface area contributed by atoms with E-state index in [2.05, 4.69) is 23.5 Å². The summed E-state index contributed by atoms with van der Waals surface area (Å²) in [6.07, 6.45) is 0.311. The lowest BCUT2D eigenvalue weighted by molar-refractivity contribution is -0.120. The van der Waals surface area contributed by atoms with Crippen LogP contribution in [0.3, 0.4) is 0 Å². The maximum absolute atomic E-state index is 12.2. The van der Waals surface area contributed by atoms with E-state index < -0.39 is 0 Å². The van der Waals surface area contributed by atoms with Crippen molar-refractivity contribution in [1.82, 2.24) is 5.32 Å². The molecule has 1 amide bonds. The zero-order valence-electron chi connectivity index (χ0n) is 13.7. The second-order valence-electron chi connectivity index (χ2n) is 5.39. The molecule has 0 saturated carbocycles. The summed E-state index contributed by atoms with van der Waals surface area (Å²) in [4.78, 5) is 13.3. The van der Waals surface area contributed by atoms with Crippen LogP contribution in [0.1, 0.15) is 10.4 Å². The minimum atomic E-state index is -0.0142. The summed E-state index contributed by atoms with van der Waals surface area (Å²) in [6, 6.07) is 15.9. The molecule has 3 rings (SSSR count). The lowest BCUT2D eigenvalue weighted by atomic mass is 10.1. The number of amides is 1. The Labute approximate surface area is 145 Å². The number of benzene rings is 2. The Morgan fingerprint density at radius 3 is 2.58 bits per heavy atom. The van der Waals surface area contributed by atoms with Crippen LogP contribution in [0.25, 0.3) is 10.1 Å². The molecule has 3 aromatic rings. The fourth-order valence-electron chi connectivity index (χ4n) is 2.55. The van der Waals surface area contributed by atoms with Crippen molar-refractivity contribution in [3.63, 3.8) is 0 Å². The van der Waals surface area contributed by atoms with Gasteiger partial charge in [-0.2, -0.15) is 0 Å². The van der Waals surface area contributed by atoms with Gasteiger partial charge in [-0.15, -0.1) is 11.3 Å². The van der Waals surface area contributed by atoms with E-state index in [1.54, 1.807) is 25.6 Å². The highest BCUT2D eigenvalue weighted by Gasteiger charge is 2.09. The Hall–Kier alpha value is -2.53. The van der Waals surface area contributed by atoms with Gasteiger partial charge in [0.2, 0.25) is 5.91 Å². The van der Waals surface area contributed by atoms with Gasteiger partial charge in [0.25, 0.3) is 0 Å². The average molecular weight is 341 g/mol. The number of nitrogens with one attached hydrogen (secondary N) is 1. The van der Waals surface area contributed by atoms with Gasteiger partial charge in [-0.3, -0.25) is 4.79 Å². The minimum Gasteiger partial charge on any atom is -0.493 e. The average Bonchev–Trinajstić information content (AvgIpc) is 3.03. The van der Waals surface area contributed by atoms with Crippen LogP contribution in [0, 0.1) is 0 Å². The zero-order chi connectivity index (χ0) is 16.9. The first-order valence-electron chi connectivity index (χ1n) is 7.64. The lowest BCUT2D eigenvalue weighted by Gasteiger charge is -2.09. The minimum absolute atomic E-state index is 0.0142. The monoisotopic (exact) mass is 341 g/mol. The first-order valence-corrected chi connectivity index (χ1v) is 8.46. The molecule has 5 heteroatoms. The van der Waals surface area contributed by atoms with Crippen molar-refractivity contribution in [2.45, 2.75) is 13.0 Å². The van der Waals surface area contributed by atoms with Crippen molar-refractivity contribution < 1.29 is 14.3 Å². The van der Waals surface area contributed by atoms with Gasteiger partial charge < -0.3 is 14.8 Å². The molecule has 0 aliphatic rings. The van der Waals surface area contributed by atoms with E-state index >= 15 is 0 Å². The summed E-state index contributed by atoms with van der Waals surface area (Å²) in [5.74, 6) is 1.28. The number of carbonyl (C=O) groups is 1. The molecule has 0 aliphatic carbocycles. The maximum Gasteiger partial charge on any atom is 0.224 e. The maximum atomic E-state index is 12.2. The predicted octanol–water partition coefficient (Wildman–Crippen LogP) is 3.78. The largest absolute Gasteiger partial charge is 0.493 e. The van der Waals surface area contributed by atoms with Gasteiger partial charge in [-0.25, -0.2) is 0 Å². The molecule has 24 heavy (non-hydrogen) atoms. The van der Waals surface area contributed by atoms with Crippen LogP contribution < -0.4 is 14.8 Å². The number of hydrogen-bond donors (Lipinski definition) is 1. The van der Waals surface area contributed by atoms with Gasteiger partial charge in [-0.05, 0) is 35.2 Å². The molecule has 0 spiro atoms. The third-order valence-corrected chi connectivity index (χ3v) is 4.87. The molecular weight excluding hydrogens is 322 g/mol. The van der Waals surface area contributed by atoms with Crippen molar-refractivity contribution in [3.8, 4) is 11.5 Å². The molecule has 1 heterocycles. The summed E-state index contributed by atoms with van der Waals surface area (Å²) < 4.78 is 11.7. The van der Waals surface area contributed by atoms with E-state index in [9.17, 15) is 4.79 Å². The van der Waals surface area contributed by atoms with Gasteiger partial charge >= 0.3 is 0 Å². The van der Waals surface area contributed by atoms with Crippen molar-refractivity contribution >= 4 is 27.3 Å². The Morgan fingerprint density at radius 1 is 1.04 bits per heavy atom. The van der Waals surface area contributed by atoms with E-state index in [1.165, 1.54) is 10.1 Å². The van der Waals surface area contributed by atoms with E-state index in [0.717, 1.165) is 10.4 Å². The molecule has 0 saturated heterocycles. The van der Waals surface area contributed by atoms with Gasteiger partial charge in [0.15, 0.2) is 11.5 Å². The summed E-state index contributed by atoms with van der Waals surface area (Å²) in [6.45, 7) is 0.547. The quantitative estimate of drug-likeness (QED) is 0.742. The van der Waals surface area contributed by atoms with Crippen LogP contribution >= 0.6 is 11.3 Å². The zero-order valence-corrected chi connectivity index (χ0v) is 14.5. The molecule has 0 unspecified atom stereocenters. The number of methoxy groups -OCH3 is 2. The van der Waals surface area contributed by atoms with Crippen LogP contribution in [-0.4, -0.2) is 20.1 Å². The van der Waals surface area contributed by atoms with E-state index in [1.807, 2.05) is 30.3 Å². The third kappa shape index (κ3) is 3.68. The summed E-state index contributed by atoms with van der Waals surface area (Å²) in [7, 11) is 3.18. The summed E-state index contributed by atoms with van der Waals surface area (Å²) >= 11 is 1.71. The van der Waals surface area contributed by atoms with Crippen molar-refractivity contribution in [2.24, 2.45) is 0 Å². The number of hydrogen-bond acceptors (Lipinski definition) is 4. The Kier molecular flexibility index (Phi) is 5.01. The van der Waals surface area contributed by atoms with Crippen LogP contribution in [0.15, 0.2) is 48.5 Å². The molecule has 0 atom stereocenters. The van der Waals surface area contributed by atoms with E-state index in [0.29, 0.717) is 24.5 Å². The Balaban J connectivity index is 1.61. The third-order valence-electron chi connectivity index (χ3n) is 3.75. The number of ether oxygens (including phenoxy) is 2. The fourth-order valence-corrected chi connectivity index (χ4v) is 3.55. The SMILES string of the molecule is COc1ccc(CC(=O)NCc2cc3ccccc3s2)cc1OC. The first kappa shape index (κ1) is 16.3. The lowest BCUT2D eigenvalue weighted by Crippen LogP contribution is -2.24. The first-order chi connectivity index (χ1) is 11.7. The van der Waals surface area contributed by atoms with Gasteiger partial charge in [0.05, 0.1) is 27.2 Å². The highest BCUT2D eigenvalue weighted by Crippen LogP contribution is 2.28. The molecule has 0 radical (unpaired) electrons.